The van der Waals surface area contributed by atoms with Gasteiger partial charge >= 0.3 is 0 Å². The van der Waals surface area contributed by atoms with Gasteiger partial charge in [-0.05, 0) is 37.7 Å². The summed E-state index contributed by atoms with van der Waals surface area (Å²) in [6.07, 6.45) is 2.66. The fraction of sp³-hybridized carbons (Fsp3) is 0.423. The second-order valence-electron chi connectivity index (χ2n) is 10.4. The number of hydrogen-bond acceptors (Lipinski definition) is 11. The first-order valence-corrected chi connectivity index (χ1v) is 12.0. The SMILES string of the molecule is C[C@@H]1c2c(-c3cnccn3)ccc(O)c2C(=O)C2C(=O)[C@@]3(O)C(=O)C(C(N)=O)C(=O)[C@H](N(C)C)[C@H]3[C@H](O)[C@H]21. The van der Waals surface area contributed by atoms with Crippen LogP contribution in [0.15, 0.2) is 30.7 Å². The van der Waals surface area contributed by atoms with Crippen molar-refractivity contribution in [2.75, 3.05) is 14.1 Å². The van der Waals surface area contributed by atoms with Crippen LogP contribution < -0.4 is 5.73 Å². The van der Waals surface area contributed by atoms with E-state index in [1.165, 1.54) is 43.7 Å². The van der Waals surface area contributed by atoms with E-state index in [9.17, 15) is 39.3 Å². The number of aromatic nitrogens is 2. The van der Waals surface area contributed by atoms with Crippen LogP contribution in [0.25, 0.3) is 11.3 Å². The number of ketones is 4. The Balaban J connectivity index is 1.75. The van der Waals surface area contributed by atoms with E-state index in [1.807, 2.05) is 0 Å². The first-order valence-electron chi connectivity index (χ1n) is 12.0. The highest BCUT2D eigenvalue weighted by Gasteiger charge is 2.73. The lowest BCUT2D eigenvalue weighted by Gasteiger charge is -2.56. The highest BCUT2D eigenvalue weighted by atomic mass is 16.3. The summed E-state index contributed by atoms with van der Waals surface area (Å²) in [6.45, 7) is 1.65. The number of fused-ring (bicyclic) bond motifs is 3. The Morgan fingerprint density at radius 1 is 1.11 bits per heavy atom. The van der Waals surface area contributed by atoms with E-state index in [0.29, 0.717) is 16.8 Å². The molecule has 5 rings (SSSR count). The number of aromatic hydroxyl groups is 1. The van der Waals surface area contributed by atoms with Crippen LogP contribution >= 0.6 is 0 Å². The molecule has 8 atom stereocenters. The fourth-order valence-corrected chi connectivity index (χ4v) is 6.73. The first kappa shape index (κ1) is 25.8. The van der Waals surface area contributed by atoms with Gasteiger partial charge in [-0.15, -0.1) is 0 Å². The smallest absolute Gasteiger partial charge is 0.235 e. The molecule has 3 aliphatic rings. The maximum Gasteiger partial charge on any atom is 0.235 e. The standard InChI is InChI=1S/C26H26N4O8/c1-9-13-10(11-8-28-6-7-29-11)4-5-12(31)15(13)20(32)16-14(9)21(33)18-19(30(2)3)22(34)17(25(27)37)24(36)26(18,38)23(16)35/h4-9,14,16-19,21,31,33,38H,1-3H3,(H2,27,37)/t9-,14+,16?,17?,18+,19-,21-,26-/m1/s1. The molecule has 1 aromatic carbocycles. The van der Waals surface area contributed by atoms with E-state index in [4.69, 9.17) is 5.73 Å². The molecule has 1 aromatic heterocycles. The number of benzene rings is 1. The lowest BCUT2D eigenvalue weighted by Crippen LogP contribution is -2.77. The predicted molar refractivity (Wildman–Crippen MR) is 128 cm³/mol. The van der Waals surface area contributed by atoms with E-state index in [2.05, 4.69) is 9.97 Å². The number of carbonyl (C=O) groups excluding carboxylic acids is 5. The van der Waals surface area contributed by atoms with Crippen molar-refractivity contribution in [3.8, 4) is 17.0 Å². The molecule has 0 bridgehead atoms. The van der Waals surface area contributed by atoms with Crippen molar-refractivity contribution in [1.82, 2.24) is 14.9 Å². The summed E-state index contributed by atoms with van der Waals surface area (Å²) < 4.78 is 0. The number of amides is 1. The Kier molecular flexibility index (Phi) is 5.82. The Morgan fingerprint density at radius 2 is 1.79 bits per heavy atom. The van der Waals surface area contributed by atoms with Gasteiger partial charge in [-0.2, -0.15) is 0 Å². The van der Waals surface area contributed by atoms with Crippen LogP contribution in [0.4, 0.5) is 0 Å². The van der Waals surface area contributed by atoms with Gasteiger partial charge in [-0.25, -0.2) is 0 Å². The zero-order valence-corrected chi connectivity index (χ0v) is 20.7. The molecule has 0 spiro atoms. The van der Waals surface area contributed by atoms with Gasteiger partial charge in [0.1, 0.15) is 5.75 Å². The third-order valence-corrected chi connectivity index (χ3v) is 8.31. The van der Waals surface area contributed by atoms with Crippen LogP contribution in [0.1, 0.15) is 28.8 Å². The van der Waals surface area contributed by atoms with E-state index >= 15 is 0 Å². The second kappa shape index (κ2) is 8.58. The van der Waals surface area contributed by atoms with Crippen molar-refractivity contribution in [3.63, 3.8) is 0 Å². The summed E-state index contributed by atoms with van der Waals surface area (Å²) in [5.41, 5.74) is 3.23. The first-order chi connectivity index (χ1) is 17.8. The van der Waals surface area contributed by atoms with Gasteiger partial charge in [-0.1, -0.05) is 6.92 Å². The average Bonchev–Trinajstić information content (AvgIpc) is 2.86. The second-order valence-corrected chi connectivity index (χ2v) is 10.4. The minimum atomic E-state index is -3.03. The van der Waals surface area contributed by atoms with Crippen LogP contribution in [0.3, 0.4) is 0 Å². The van der Waals surface area contributed by atoms with Crippen molar-refractivity contribution < 1.29 is 39.3 Å². The van der Waals surface area contributed by atoms with E-state index in [-0.39, 0.29) is 5.56 Å². The van der Waals surface area contributed by atoms with Gasteiger partial charge in [0.05, 0.1) is 41.4 Å². The number of aliphatic hydroxyl groups is 2. The topological polar surface area (TPSA) is 201 Å². The van der Waals surface area contributed by atoms with Gasteiger partial charge in [-0.3, -0.25) is 38.8 Å². The molecule has 198 valence electrons. The van der Waals surface area contributed by atoms with Crippen molar-refractivity contribution in [2.45, 2.75) is 30.6 Å². The van der Waals surface area contributed by atoms with Crippen LogP contribution in [0, 0.1) is 23.7 Å². The van der Waals surface area contributed by atoms with Crippen LogP contribution in [0.5, 0.6) is 5.75 Å². The van der Waals surface area contributed by atoms with Gasteiger partial charge in [0, 0.05) is 23.9 Å². The number of phenolic OH excluding ortho intramolecular Hbond substituents is 1. The Morgan fingerprint density at radius 3 is 2.37 bits per heavy atom. The van der Waals surface area contributed by atoms with Crippen LogP contribution in [0.2, 0.25) is 0 Å². The Bertz CT molecular complexity index is 1410. The minimum absolute atomic E-state index is 0.195. The van der Waals surface area contributed by atoms with Gasteiger partial charge in [0.15, 0.2) is 34.7 Å². The van der Waals surface area contributed by atoms with Crippen LogP contribution in [-0.2, 0) is 19.2 Å². The molecule has 12 heteroatoms. The summed E-state index contributed by atoms with van der Waals surface area (Å²) in [5, 5.41) is 34.1. The Labute approximate surface area is 216 Å². The summed E-state index contributed by atoms with van der Waals surface area (Å²) >= 11 is 0. The summed E-state index contributed by atoms with van der Waals surface area (Å²) in [6, 6.07) is 1.39. The zero-order valence-electron chi connectivity index (χ0n) is 20.7. The number of aliphatic hydroxyl groups excluding tert-OH is 1. The molecule has 2 aromatic rings. The molecule has 0 radical (unpaired) electrons. The third-order valence-electron chi connectivity index (χ3n) is 8.31. The average molecular weight is 523 g/mol. The molecule has 0 aliphatic heterocycles. The molecule has 1 heterocycles. The van der Waals surface area contributed by atoms with Gasteiger partial charge in [0.25, 0.3) is 0 Å². The third kappa shape index (κ3) is 3.17. The highest BCUT2D eigenvalue weighted by Crippen LogP contribution is 2.55. The monoisotopic (exact) mass is 522 g/mol. The quantitative estimate of drug-likeness (QED) is 0.355. The lowest BCUT2D eigenvalue weighted by atomic mass is 9.49. The number of Topliss-reactive ketones (excluding diaryl/α,β-unsaturated/α-hetero) is 4. The van der Waals surface area contributed by atoms with Crippen molar-refractivity contribution in [3.05, 3.63) is 41.9 Å². The van der Waals surface area contributed by atoms with E-state index in [0.717, 1.165) is 0 Å². The molecule has 0 saturated heterocycles. The number of phenols is 1. The molecule has 3 aliphatic carbocycles. The number of carbonyl (C=O) groups is 5. The molecule has 2 unspecified atom stereocenters. The lowest BCUT2D eigenvalue weighted by molar-refractivity contribution is -0.196. The Hall–Kier alpha value is -3.87. The predicted octanol–water partition coefficient (Wildman–Crippen LogP) is -1.14. The zero-order chi connectivity index (χ0) is 27.8. The number of hydrogen-bond donors (Lipinski definition) is 4. The normalized spacial score (nSPS) is 34.5. The molecule has 5 N–H and O–H groups in total. The van der Waals surface area contributed by atoms with Gasteiger partial charge < -0.3 is 21.1 Å². The molecule has 1 amide bonds. The molecule has 2 saturated carbocycles. The molecule has 38 heavy (non-hydrogen) atoms. The highest BCUT2D eigenvalue weighted by molar-refractivity contribution is 6.32. The number of primary amides is 1. The van der Waals surface area contributed by atoms with Crippen molar-refractivity contribution in [1.29, 1.82) is 0 Å². The molecule has 2 fully saturated rings. The van der Waals surface area contributed by atoms with E-state index < -0.39 is 82.1 Å². The largest absolute Gasteiger partial charge is 0.507 e. The number of rotatable bonds is 3. The summed E-state index contributed by atoms with van der Waals surface area (Å²) in [7, 11) is 2.88. The molecule has 12 nitrogen and oxygen atoms in total. The molecular weight excluding hydrogens is 496 g/mol. The van der Waals surface area contributed by atoms with Crippen molar-refractivity contribution in [2.24, 2.45) is 29.4 Å². The summed E-state index contributed by atoms with van der Waals surface area (Å²) in [5.74, 6) is -13.8. The summed E-state index contributed by atoms with van der Waals surface area (Å²) in [4.78, 5) is 76.2. The van der Waals surface area contributed by atoms with E-state index in [1.54, 1.807) is 13.0 Å². The minimum Gasteiger partial charge on any atom is -0.507 e. The van der Waals surface area contributed by atoms with Crippen LogP contribution in [-0.4, -0.2) is 91.1 Å². The molecular formula is C26H26N4O8. The fourth-order valence-electron chi connectivity index (χ4n) is 6.73. The number of likely N-dealkylation sites (N-methyl/N-ethyl adjacent to an activating group) is 1. The maximum atomic E-state index is 14.0. The number of nitrogens with zero attached hydrogens (tertiary/aromatic N) is 3. The number of nitrogens with two attached hydrogens (primary N) is 1. The maximum absolute atomic E-state index is 14.0. The van der Waals surface area contributed by atoms with Gasteiger partial charge in [0.2, 0.25) is 5.91 Å². The van der Waals surface area contributed by atoms with Crippen molar-refractivity contribution >= 4 is 29.0 Å².